The zero-order valence-corrected chi connectivity index (χ0v) is 10.00. The minimum atomic E-state index is -0.560. The van der Waals surface area contributed by atoms with Crippen LogP contribution in [0.2, 0.25) is 0 Å². The van der Waals surface area contributed by atoms with Crippen molar-refractivity contribution in [3.63, 3.8) is 0 Å². The van der Waals surface area contributed by atoms with E-state index in [9.17, 15) is 9.59 Å². The highest BCUT2D eigenvalue weighted by Gasteiger charge is 2.28. The van der Waals surface area contributed by atoms with Crippen molar-refractivity contribution in [2.45, 2.75) is 20.8 Å². The molecule has 0 aliphatic rings. The number of hydrogen-bond donors (Lipinski definition) is 0. The summed E-state index contributed by atoms with van der Waals surface area (Å²) in [5.74, 6) is -0.518. The maximum absolute atomic E-state index is 11.9. The first-order chi connectivity index (χ1) is 7.34. The molecule has 0 saturated heterocycles. The van der Waals surface area contributed by atoms with Crippen LogP contribution in [0.5, 0.6) is 0 Å². The average Bonchev–Trinajstić information content (AvgIpc) is 2.26. The molecule has 1 aromatic rings. The number of carbonyl (C=O) groups excluding carboxylic acids is 2. The first-order valence-corrected chi connectivity index (χ1v) is 5.04. The molecule has 0 aromatic heterocycles. The van der Waals surface area contributed by atoms with Crippen molar-refractivity contribution in [3.05, 3.63) is 35.9 Å². The lowest BCUT2D eigenvalue weighted by Crippen LogP contribution is -2.40. The summed E-state index contributed by atoms with van der Waals surface area (Å²) >= 11 is 0. The molecule has 16 heavy (non-hydrogen) atoms. The van der Waals surface area contributed by atoms with Gasteiger partial charge in [-0.3, -0.25) is 14.5 Å². The number of carbonyl (C=O) groups is 2. The maximum Gasteiger partial charge on any atom is 0.260 e. The third kappa shape index (κ3) is 2.60. The van der Waals surface area contributed by atoms with E-state index in [-0.39, 0.29) is 11.8 Å². The molecule has 0 heterocycles. The molecule has 2 amide bonds. The summed E-state index contributed by atoms with van der Waals surface area (Å²) in [6.45, 7) is 5.35. The second-order valence-corrected chi connectivity index (χ2v) is 4.64. The zero-order valence-electron chi connectivity index (χ0n) is 10.00. The van der Waals surface area contributed by atoms with Crippen LogP contribution in [0.4, 0.5) is 0 Å². The van der Waals surface area contributed by atoms with E-state index in [2.05, 4.69) is 12.1 Å². The Bertz CT molecular complexity index is 390. The summed E-state index contributed by atoms with van der Waals surface area (Å²) in [4.78, 5) is 24.9. The van der Waals surface area contributed by atoms with Gasteiger partial charge < -0.3 is 0 Å². The Kier molecular flexibility index (Phi) is 3.34. The third-order valence-corrected chi connectivity index (χ3v) is 2.16. The predicted octanol–water partition coefficient (Wildman–Crippen LogP) is 1.93. The monoisotopic (exact) mass is 217 g/mol. The number of imide groups is 1. The van der Waals surface area contributed by atoms with Crippen LogP contribution in [0.25, 0.3) is 0 Å². The molecule has 0 radical (unpaired) electrons. The van der Waals surface area contributed by atoms with Crippen LogP contribution in [0.3, 0.4) is 0 Å². The van der Waals surface area contributed by atoms with Gasteiger partial charge in [-0.1, -0.05) is 32.9 Å². The zero-order chi connectivity index (χ0) is 12.3. The first-order valence-electron chi connectivity index (χ1n) is 5.04. The summed E-state index contributed by atoms with van der Waals surface area (Å²) in [5, 5.41) is 0. The van der Waals surface area contributed by atoms with Gasteiger partial charge in [0, 0.05) is 24.1 Å². The van der Waals surface area contributed by atoms with Crippen LogP contribution in [0.1, 0.15) is 31.1 Å². The van der Waals surface area contributed by atoms with E-state index in [4.69, 9.17) is 0 Å². The molecule has 1 rings (SSSR count). The summed E-state index contributed by atoms with van der Waals surface area (Å²) < 4.78 is 0. The number of rotatable bonds is 1. The molecule has 0 unspecified atom stereocenters. The maximum atomic E-state index is 11.9. The molecule has 0 aliphatic carbocycles. The van der Waals surface area contributed by atoms with Crippen molar-refractivity contribution in [1.29, 1.82) is 0 Å². The van der Waals surface area contributed by atoms with Gasteiger partial charge in [-0.05, 0) is 12.1 Å². The van der Waals surface area contributed by atoms with Gasteiger partial charge in [0.05, 0.1) is 0 Å². The van der Waals surface area contributed by atoms with Gasteiger partial charge in [-0.25, -0.2) is 0 Å². The normalized spacial score (nSPS) is 10.5. The smallest absolute Gasteiger partial charge is 0.260 e. The molecular formula is C13H15NO2. The quantitative estimate of drug-likeness (QED) is 0.720. The van der Waals surface area contributed by atoms with Crippen molar-refractivity contribution in [1.82, 2.24) is 4.90 Å². The molecule has 0 saturated carbocycles. The van der Waals surface area contributed by atoms with Gasteiger partial charge in [0.2, 0.25) is 5.91 Å². The molecule has 0 N–H and O–H groups in total. The Balaban J connectivity index is 2.88. The summed E-state index contributed by atoms with van der Waals surface area (Å²) in [6, 6.07) is 10.1. The molecule has 0 atom stereocenters. The average molecular weight is 217 g/mol. The fourth-order valence-electron chi connectivity index (χ4n) is 1.27. The molecule has 0 fully saturated rings. The summed E-state index contributed by atoms with van der Waals surface area (Å²) in [6.07, 6.45) is 0. The van der Waals surface area contributed by atoms with Crippen molar-refractivity contribution in [2.75, 3.05) is 7.05 Å². The Labute approximate surface area is 96.1 Å². The van der Waals surface area contributed by atoms with Gasteiger partial charge in [-0.15, -0.1) is 0 Å². The lowest BCUT2D eigenvalue weighted by molar-refractivity contribution is -0.135. The van der Waals surface area contributed by atoms with E-state index in [0.29, 0.717) is 5.56 Å². The molecule has 84 valence electrons. The van der Waals surface area contributed by atoms with E-state index >= 15 is 0 Å². The van der Waals surface area contributed by atoms with Crippen molar-refractivity contribution < 1.29 is 9.59 Å². The highest BCUT2D eigenvalue weighted by molar-refractivity contribution is 6.05. The van der Waals surface area contributed by atoms with Crippen molar-refractivity contribution in [3.8, 4) is 0 Å². The van der Waals surface area contributed by atoms with Gasteiger partial charge in [0.1, 0.15) is 0 Å². The van der Waals surface area contributed by atoms with Gasteiger partial charge >= 0.3 is 0 Å². The third-order valence-electron chi connectivity index (χ3n) is 2.16. The summed E-state index contributed by atoms with van der Waals surface area (Å²) in [7, 11) is 1.49. The van der Waals surface area contributed by atoms with Crippen LogP contribution in [-0.4, -0.2) is 23.8 Å². The minimum Gasteiger partial charge on any atom is -0.281 e. The largest absolute Gasteiger partial charge is 0.281 e. The van der Waals surface area contributed by atoms with Crippen molar-refractivity contribution >= 4 is 11.8 Å². The Morgan fingerprint density at radius 3 is 2.31 bits per heavy atom. The van der Waals surface area contributed by atoms with E-state index in [1.165, 1.54) is 13.1 Å². The molecule has 1 aromatic carbocycles. The van der Waals surface area contributed by atoms with Crippen LogP contribution < -0.4 is 0 Å². The van der Waals surface area contributed by atoms with Crippen LogP contribution >= 0.6 is 0 Å². The van der Waals surface area contributed by atoms with Gasteiger partial charge in [-0.2, -0.15) is 0 Å². The molecule has 0 aliphatic heterocycles. The van der Waals surface area contributed by atoms with E-state index in [1.807, 2.05) is 0 Å². The molecule has 0 spiro atoms. The first kappa shape index (κ1) is 12.3. The van der Waals surface area contributed by atoms with Crippen LogP contribution in [0, 0.1) is 17.5 Å². The highest BCUT2D eigenvalue weighted by Crippen LogP contribution is 2.17. The van der Waals surface area contributed by atoms with Gasteiger partial charge in [0.25, 0.3) is 5.91 Å². The predicted molar refractivity (Wildman–Crippen MR) is 60.7 cm³/mol. The molecule has 3 nitrogen and oxygen atoms in total. The number of nitrogens with zero attached hydrogens (tertiary/aromatic N) is 1. The molecule has 0 bridgehead atoms. The Hall–Kier alpha value is -1.82. The van der Waals surface area contributed by atoms with Gasteiger partial charge in [0.15, 0.2) is 0 Å². The SMILES string of the molecule is CN(C(=O)c1cc#ccc1)C(=O)C(C)(C)C. The van der Waals surface area contributed by atoms with E-state index in [1.54, 1.807) is 32.9 Å². The Morgan fingerprint density at radius 1 is 1.25 bits per heavy atom. The topological polar surface area (TPSA) is 37.4 Å². The summed E-state index contributed by atoms with van der Waals surface area (Å²) in [5.41, 5.74) is -0.117. The number of amides is 2. The fourth-order valence-corrected chi connectivity index (χ4v) is 1.27. The molecule has 3 heteroatoms. The number of hydrogen-bond acceptors (Lipinski definition) is 2. The lowest BCUT2D eigenvalue weighted by atomic mass is 9.94. The second-order valence-electron chi connectivity index (χ2n) is 4.64. The van der Waals surface area contributed by atoms with Crippen molar-refractivity contribution in [2.24, 2.45) is 5.41 Å². The highest BCUT2D eigenvalue weighted by atomic mass is 16.2. The second kappa shape index (κ2) is 4.36. The molecular weight excluding hydrogens is 202 g/mol. The van der Waals surface area contributed by atoms with Crippen LogP contribution in [-0.2, 0) is 4.79 Å². The minimum absolute atomic E-state index is 0.203. The lowest BCUT2D eigenvalue weighted by Gasteiger charge is -2.24. The Morgan fingerprint density at radius 2 is 1.88 bits per heavy atom. The standard InChI is InChI=1S/C13H15NO2/c1-13(2,3)12(16)14(4)11(15)10-8-6-5-7-9-10/h6,8-9H,1-4H3. The van der Waals surface area contributed by atoms with E-state index in [0.717, 1.165) is 4.90 Å². The van der Waals surface area contributed by atoms with Crippen LogP contribution in [0.15, 0.2) is 18.2 Å². The fraction of sp³-hybridized carbons (Fsp3) is 0.385. The van der Waals surface area contributed by atoms with E-state index < -0.39 is 5.41 Å².